The Balaban J connectivity index is 2.15. The minimum Gasteiger partial charge on any atom is -0.329 e. The summed E-state index contributed by atoms with van der Waals surface area (Å²) >= 11 is 5.10. The quantitative estimate of drug-likeness (QED) is 0.869. The molecule has 2 N–H and O–H groups in total. The Kier molecular flexibility index (Phi) is 3.96. The van der Waals surface area contributed by atoms with E-state index in [1.165, 1.54) is 10.4 Å². The predicted molar refractivity (Wildman–Crippen MR) is 71.4 cm³/mol. The van der Waals surface area contributed by atoms with E-state index in [9.17, 15) is 0 Å². The molecule has 1 unspecified atom stereocenters. The number of nitrogens with two attached hydrogens (primary N) is 1. The first kappa shape index (κ1) is 12.0. The third-order valence-electron chi connectivity index (χ3n) is 2.16. The second-order valence-electron chi connectivity index (χ2n) is 3.40. The van der Waals surface area contributed by atoms with Crippen molar-refractivity contribution in [3.63, 3.8) is 0 Å². The van der Waals surface area contributed by atoms with Crippen molar-refractivity contribution in [2.24, 2.45) is 5.73 Å². The highest BCUT2D eigenvalue weighted by Gasteiger charge is 2.17. The molecule has 0 aromatic carbocycles. The number of aromatic nitrogens is 2. The minimum absolute atomic E-state index is 0.298. The molecule has 0 saturated carbocycles. The van der Waals surface area contributed by atoms with Gasteiger partial charge in [-0.25, -0.2) is 0 Å². The Bertz CT molecular complexity index is 463. The molecule has 0 aliphatic heterocycles. The van der Waals surface area contributed by atoms with Gasteiger partial charge >= 0.3 is 0 Å². The van der Waals surface area contributed by atoms with Gasteiger partial charge in [-0.15, -0.1) is 21.5 Å². The number of thiophene rings is 1. The fraction of sp³-hybridized carbons (Fsp3) is 0.400. The maximum absolute atomic E-state index is 5.83. The Morgan fingerprint density at radius 1 is 1.44 bits per heavy atom. The van der Waals surface area contributed by atoms with Gasteiger partial charge in [0.25, 0.3) is 0 Å². The van der Waals surface area contributed by atoms with Gasteiger partial charge < -0.3 is 5.73 Å². The molecule has 6 heteroatoms. The van der Waals surface area contributed by atoms with Crippen LogP contribution in [0.4, 0.5) is 0 Å². The van der Waals surface area contributed by atoms with Gasteiger partial charge in [-0.3, -0.25) is 0 Å². The first-order valence-electron chi connectivity index (χ1n) is 4.91. The van der Waals surface area contributed by atoms with E-state index in [2.05, 4.69) is 28.6 Å². The van der Waals surface area contributed by atoms with Gasteiger partial charge in [0.05, 0.1) is 5.25 Å². The molecule has 0 bridgehead atoms. The first-order chi connectivity index (χ1) is 7.70. The molecular formula is C10H13N3S3. The molecule has 2 aromatic rings. The molecule has 1 atom stereocenters. The van der Waals surface area contributed by atoms with E-state index >= 15 is 0 Å². The van der Waals surface area contributed by atoms with Crippen LogP contribution >= 0.6 is 34.4 Å². The van der Waals surface area contributed by atoms with Crippen molar-refractivity contribution in [1.82, 2.24) is 10.2 Å². The van der Waals surface area contributed by atoms with Crippen LogP contribution < -0.4 is 5.73 Å². The molecule has 3 nitrogen and oxygen atoms in total. The van der Waals surface area contributed by atoms with E-state index in [1.807, 2.05) is 6.92 Å². The Morgan fingerprint density at radius 2 is 2.25 bits per heavy atom. The highest BCUT2D eigenvalue weighted by atomic mass is 32.2. The van der Waals surface area contributed by atoms with Crippen LogP contribution in [0.25, 0.3) is 0 Å². The van der Waals surface area contributed by atoms with Crippen molar-refractivity contribution < 1.29 is 0 Å². The van der Waals surface area contributed by atoms with Crippen molar-refractivity contribution in [3.8, 4) is 0 Å². The van der Waals surface area contributed by atoms with E-state index in [-0.39, 0.29) is 0 Å². The topological polar surface area (TPSA) is 51.8 Å². The summed E-state index contributed by atoms with van der Waals surface area (Å²) < 4.78 is 1.00. The average Bonchev–Trinajstić information content (AvgIpc) is 2.84. The van der Waals surface area contributed by atoms with E-state index < -0.39 is 0 Å². The molecule has 2 aromatic heterocycles. The van der Waals surface area contributed by atoms with Gasteiger partial charge in [0.2, 0.25) is 0 Å². The van der Waals surface area contributed by atoms with Gasteiger partial charge in [-0.1, -0.05) is 23.1 Å². The summed E-state index contributed by atoms with van der Waals surface area (Å²) in [5.74, 6) is 0. The Labute approximate surface area is 107 Å². The van der Waals surface area contributed by atoms with Crippen molar-refractivity contribution in [2.45, 2.75) is 23.4 Å². The third-order valence-corrected chi connectivity index (χ3v) is 5.61. The molecule has 2 heterocycles. The number of aryl methyl sites for hydroxylation is 2. The Hall–Kier alpha value is -0.430. The molecule has 0 aliphatic carbocycles. The molecule has 0 fully saturated rings. The van der Waals surface area contributed by atoms with Gasteiger partial charge in [-0.05, 0) is 30.9 Å². The Morgan fingerprint density at radius 3 is 2.75 bits per heavy atom. The fourth-order valence-corrected chi connectivity index (χ4v) is 4.64. The van der Waals surface area contributed by atoms with Crippen molar-refractivity contribution in [3.05, 3.63) is 26.9 Å². The highest BCUT2D eigenvalue weighted by Crippen LogP contribution is 2.39. The molecular weight excluding hydrogens is 258 g/mol. The summed E-state index contributed by atoms with van der Waals surface area (Å²) in [7, 11) is 0. The van der Waals surface area contributed by atoms with Crippen molar-refractivity contribution >= 4 is 34.4 Å². The summed E-state index contributed by atoms with van der Waals surface area (Å²) in [6.07, 6.45) is 0. The first-order valence-corrected chi connectivity index (χ1v) is 7.49. The van der Waals surface area contributed by atoms with Crippen LogP contribution in [-0.4, -0.2) is 16.7 Å². The van der Waals surface area contributed by atoms with Crippen LogP contribution in [0.3, 0.4) is 0 Å². The summed E-state index contributed by atoms with van der Waals surface area (Å²) in [5, 5.41) is 11.6. The number of hydrogen-bond donors (Lipinski definition) is 1. The van der Waals surface area contributed by atoms with Crippen LogP contribution in [0.2, 0.25) is 0 Å². The maximum Gasteiger partial charge on any atom is 0.174 e. The fourth-order valence-electron chi connectivity index (χ4n) is 1.37. The van der Waals surface area contributed by atoms with Gasteiger partial charge in [0.1, 0.15) is 5.01 Å². The predicted octanol–water partition coefficient (Wildman–Crippen LogP) is 3.01. The van der Waals surface area contributed by atoms with E-state index in [4.69, 9.17) is 5.73 Å². The number of nitrogens with zero attached hydrogens (tertiary/aromatic N) is 2. The van der Waals surface area contributed by atoms with Crippen LogP contribution in [0.1, 0.15) is 20.7 Å². The number of thioether (sulfide) groups is 1. The summed E-state index contributed by atoms with van der Waals surface area (Å²) in [6, 6.07) is 2.13. The molecule has 0 saturated heterocycles. The number of hydrogen-bond acceptors (Lipinski definition) is 6. The maximum atomic E-state index is 5.83. The molecule has 0 aliphatic rings. The number of rotatable bonds is 4. The van der Waals surface area contributed by atoms with Gasteiger partial charge in [-0.2, -0.15) is 0 Å². The lowest BCUT2D eigenvalue weighted by molar-refractivity contribution is 0.936. The van der Waals surface area contributed by atoms with Crippen molar-refractivity contribution in [2.75, 3.05) is 6.54 Å². The summed E-state index contributed by atoms with van der Waals surface area (Å²) in [4.78, 5) is 1.35. The molecule has 0 amide bonds. The molecule has 86 valence electrons. The normalized spacial score (nSPS) is 12.9. The minimum atomic E-state index is 0.298. The van der Waals surface area contributed by atoms with Crippen LogP contribution in [0.5, 0.6) is 0 Å². The smallest absolute Gasteiger partial charge is 0.174 e. The molecule has 2 rings (SSSR count). The molecule has 0 radical (unpaired) electrons. The lowest BCUT2D eigenvalue weighted by Crippen LogP contribution is -2.08. The lowest BCUT2D eigenvalue weighted by Gasteiger charge is -2.11. The summed E-state index contributed by atoms with van der Waals surface area (Å²) in [6.45, 7) is 4.72. The molecule has 0 spiro atoms. The van der Waals surface area contributed by atoms with E-state index in [0.717, 1.165) is 9.35 Å². The SMILES string of the molecule is Cc1nnc(SC(CN)c2sccc2C)s1. The highest BCUT2D eigenvalue weighted by molar-refractivity contribution is 8.01. The average molecular weight is 271 g/mol. The van der Waals surface area contributed by atoms with Gasteiger partial charge in [0.15, 0.2) is 4.34 Å². The summed E-state index contributed by atoms with van der Waals surface area (Å²) in [5.41, 5.74) is 7.14. The molecule has 16 heavy (non-hydrogen) atoms. The second-order valence-corrected chi connectivity index (χ2v) is 6.98. The standard InChI is InChI=1S/C10H13N3S3/c1-6-3-4-14-9(6)8(5-11)16-10-13-12-7(2)15-10/h3-4,8H,5,11H2,1-2H3. The third kappa shape index (κ3) is 2.63. The van der Waals surface area contributed by atoms with Crippen LogP contribution in [-0.2, 0) is 0 Å². The van der Waals surface area contributed by atoms with E-state index in [0.29, 0.717) is 11.8 Å². The van der Waals surface area contributed by atoms with E-state index in [1.54, 1.807) is 34.4 Å². The zero-order valence-corrected chi connectivity index (χ0v) is 11.6. The lowest BCUT2D eigenvalue weighted by atomic mass is 10.2. The second kappa shape index (κ2) is 5.27. The monoisotopic (exact) mass is 271 g/mol. The van der Waals surface area contributed by atoms with Gasteiger partial charge in [0, 0.05) is 11.4 Å². The van der Waals surface area contributed by atoms with Crippen LogP contribution in [0, 0.1) is 13.8 Å². The van der Waals surface area contributed by atoms with Crippen molar-refractivity contribution in [1.29, 1.82) is 0 Å². The van der Waals surface area contributed by atoms with Crippen LogP contribution in [0.15, 0.2) is 15.8 Å². The largest absolute Gasteiger partial charge is 0.329 e. The zero-order chi connectivity index (χ0) is 11.5. The zero-order valence-electron chi connectivity index (χ0n) is 9.14.